The van der Waals surface area contributed by atoms with Gasteiger partial charge in [-0.3, -0.25) is 9.59 Å². The lowest BCUT2D eigenvalue weighted by atomic mass is 10.2. The molecule has 1 aromatic carbocycles. The van der Waals surface area contributed by atoms with Crippen molar-refractivity contribution < 1.29 is 9.59 Å². The van der Waals surface area contributed by atoms with Crippen molar-refractivity contribution in [3.8, 4) is 0 Å². The zero-order valence-electron chi connectivity index (χ0n) is 10.1. The Kier molecular flexibility index (Phi) is 2.58. The van der Waals surface area contributed by atoms with Crippen LogP contribution in [-0.4, -0.2) is 17.4 Å². The molecule has 0 heterocycles. The number of amides is 2. The van der Waals surface area contributed by atoms with Gasteiger partial charge in [0.1, 0.15) is 5.54 Å². The average Bonchev–Trinajstić information content (AvgIpc) is 3.25. The lowest BCUT2D eigenvalue weighted by Gasteiger charge is -2.17. The number of hydrogen-bond acceptors (Lipinski definition) is 2. The van der Waals surface area contributed by atoms with Crippen LogP contribution < -0.4 is 10.6 Å². The Morgan fingerprint density at radius 2 is 1.78 bits per heavy atom. The first kappa shape index (κ1) is 11.3. The van der Waals surface area contributed by atoms with Crippen LogP contribution in [0.15, 0.2) is 30.3 Å². The maximum Gasteiger partial charge on any atom is 0.250 e. The predicted molar refractivity (Wildman–Crippen MR) is 67.9 cm³/mol. The summed E-state index contributed by atoms with van der Waals surface area (Å²) in [7, 11) is 0. The number of carbonyl (C=O) groups is 2. The van der Waals surface area contributed by atoms with Gasteiger partial charge in [0.25, 0.3) is 0 Å². The van der Waals surface area contributed by atoms with Crippen LogP contribution in [0.4, 0.5) is 5.69 Å². The number of rotatable bonds is 4. The van der Waals surface area contributed by atoms with E-state index in [1.165, 1.54) is 0 Å². The third-order valence-corrected chi connectivity index (χ3v) is 3.53. The summed E-state index contributed by atoms with van der Waals surface area (Å²) in [6.45, 7) is 0. The number of nitrogens with one attached hydrogen (secondary N) is 2. The Labute approximate surface area is 106 Å². The highest BCUT2D eigenvalue weighted by molar-refractivity contribution is 6.03. The van der Waals surface area contributed by atoms with Gasteiger partial charge in [-0.2, -0.15) is 0 Å². The maximum atomic E-state index is 12.1. The molecule has 2 amide bonds. The molecule has 1 aromatic rings. The molecule has 94 valence electrons. The molecule has 0 radical (unpaired) electrons. The topological polar surface area (TPSA) is 58.2 Å². The Morgan fingerprint density at radius 1 is 1.11 bits per heavy atom. The minimum absolute atomic E-state index is 0.0377. The second-order valence-electron chi connectivity index (χ2n) is 5.17. The fourth-order valence-corrected chi connectivity index (χ4v) is 1.99. The lowest BCUT2D eigenvalue weighted by Crippen LogP contribution is -2.46. The van der Waals surface area contributed by atoms with E-state index in [1.54, 1.807) is 0 Å². The van der Waals surface area contributed by atoms with Crippen LogP contribution in [0.25, 0.3) is 0 Å². The first-order valence-electron chi connectivity index (χ1n) is 6.38. The molecule has 3 rings (SSSR count). The number of benzene rings is 1. The van der Waals surface area contributed by atoms with Crippen LogP contribution in [0.5, 0.6) is 0 Å². The van der Waals surface area contributed by atoms with Crippen LogP contribution in [0, 0.1) is 5.92 Å². The molecule has 0 atom stereocenters. The molecule has 2 fully saturated rings. The van der Waals surface area contributed by atoms with Gasteiger partial charge in [0.05, 0.1) is 0 Å². The second-order valence-corrected chi connectivity index (χ2v) is 5.17. The third kappa shape index (κ3) is 2.23. The van der Waals surface area contributed by atoms with Gasteiger partial charge in [0.2, 0.25) is 11.8 Å². The van der Waals surface area contributed by atoms with Crippen LogP contribution in [-0.2, 0) is 9.59 Å². The standard InChI is InChI=1S/C14H16N2O2/c17-12(10-6-7-10)16-14(8-9-14)13(18)15-11-4-2-1-3-5-11/h1-5,10H,6-9H2,(H,15,18)(H,16,17). The van der Waals surface area contributed by atoms with Crippen molar-refractivity contribution in [1.29, 1.82) is 0 Å². The van der Waals surface area contributed by atoms with E-state index < -0.39 is 5.54 Å². The molecular formula is C14H16N2O2. The molecule has 18 heavy (non-hydrogen) atoms. The highest BCUT2D eigenvalue weighted by atomic mass is 16.2. The molecule has 2 aliphatic rings. The third-order valence-electron chi connectivity index (χ3n) is 3.53. The van der Waals surface area contributed by atoms with Gasteiger partial charge in [-0.05, 0) is 37.8 Å². The number of anilines is 1. The minimum Gasteiger partial charge on any atom is -0.341 e. The van der Waals surface area contributed by atoms with E-state index in [4.69, 9.17) is 0 Å². The van der Waals surface area contributed by atoms with Crippen LogP contribution in [0.1, 0.15) is 25.7 Å². The van der Waals surface area contributed by atoms with E-state index in [-0.39, 0.29) is 17.7 Å². The summed E-state index contributed by atoms with van der Waals surface area (Å²) in [4.78, 5) is 23.9. The number of carbonyl (C=O) groups excluding carboxylic acids is 2. The highest BCUT2D eigenvalue weighted by Gasteiger charge is 2.52. The van der Waals surface area contributed by atoms with Gasteiger partial charge in [-0.1, -0.05) is 18.2 Å². The van der Waals surface area contributed by atoms with Crippen molar-refractivity contribution >= 4 is 17.5 Å². The van der Waals surface area contributed by atoms with E-state index in [2.05, 4.69) is 10.6 Å². The van der Waals surface area contributed by atoms with E-state index in [0.29, 0.717) is 0 Å². The highest BCUT2D eigenvalue weighted by Crippen LogP contribution is 2.39. The summed E-state index contributed by atoms with van der Waals surface area (Å²) in [5.41, 5.74) is 0.129. The van der Waals surface area contributed by atoms with E-state index in [0.717, 1.165) is 31.4 Å². The van der Waals surface area contributed by atoms with E-state index in [1.807, 2.05) is 30.3 Å². The molecule has 2 saturated carbocycles. The first-order chi connectivity index (χ1) is 8.70. The van der Waals surface area contributed by atoms with Gasteiger partial charge < -0.3 is 10.6 Å². The minimum atomic E-state index is -0.643. The molecule has 0 unspecified atom stereocenters. The summed E-state index contributed by atoms with van der Waals surface area (Å²) in [6.07, 6.45) is 3.40. The summed E-state index contributed by atoms with van der Waals surface area (Å²) in [5.74, 6) is 0.0883. The van der Waals surface area contributed by atoms with Gasteiger partial charge in [-0.25, -0.2) is 0 Å². The smallest absolute Gasteiger partial charge is 0.250 e. The van der Waals surface area contributed by atoms with Crippen molar-refractivity contribution in [2.75, 3.05) is 5.32 Å². The number of para-hydroxylation sites is 1. The zero-order chi connectivity index (χ0) is 12.6. The molecule has 2 N–H and O–H groups in total. The Hall–Kier alpha value is -1.84. The quantitative estimate of drug-likeness (QED) is 0.846. The van der Waals surface area contributed by atoms with Crippen molar-refractivity contribution in [2.24, 2.45) is 5.92 Å². The predicted octanol–water partition coefficient (Wildman–Crippen LogP) is 1.68. The molecule has 4 nitrogen and oxygen atoms in total. The van der Waals surface area contributed by atoms with Gasteiger partial charge in [0, 0.05) is 11.6 Å². The number of hydrogen-bond donors (Lipinski definition) is 2. The molecule has 0 saturated heterocycles. The fourth-order valence-electron chi connectivity index (χ4n) is 1.99. The lowest BCUT2D eigenvalue weighted by molar-refractivity contribution is -0.128. The summed E-state index contributed by atoms with van der Waals surface area (Å²) in [5, 5.41) is 5.75. The molecular weight excluding hydrogens is 228 g/mol. The molecule has 0 aliphatic heterocycles. The molecule has 0 spiro atoms. The van der Waals surface area contributed by atoms with Gasteiger partial charge >= 0.3 is 0 Å². The van der Waals surface area contributed by atoms with E-state index >= 15 is 0 Å². The van der Waals surface area contributed by atoms with Crippen molar-refractivity contribution in [2.45, 2.75) is 31.2 Å². The van der Waals surface area contributed by atoms with E-state index in [9.17, 15) is 9.59 Å². The van der Waals surface area contributed by atoms with Crippen molar-refractivity contribution in [3.05, 3.63) is 30.3 Å². The second kappa shape index (κ2) is 4.12. The molecule has 2 aliphatic carbocycles. The van der Waals surface area contributed by atoms with Crippen LogP contribution in [0.2, 0.25) is 0 Å². The average molecular weight is 244 g/mol. The summed E-state index contributed by atoms with van der Waals surface area (Å²) in [6, 6.07) is 9.33. The van der Waals surface area contributed by atoms with Gasteiger partial charge in [-0.15, -0.1) is 0 Å². The molecule has 0 aromatic heterocycles. The van der Waals surface area contributed by atoms with Crippen molar-refractivity contribution in [3.63, 3.8) is 0 Å². The van der Waals surface area contributed by atoms with Crippen molar-refractivity contribution in [1.82, 2.24) is 5.32 Å². The zero-order valence-corrected chi connectivity index (χ0v) is 10.1. The fraction of sp³-hybridized carbons (Fsp3) is 0.429. The monoisotopic (exact) mass is 244 g/mol. The van der Waals surface area contributed by atoms with Crippen LogP contribution >= 0.6 is 0 Å². The SMILES string of the molecule is O=C(NC1(C(=O)Nc2ccccc2)CC1)C1CC1. The molecule has 4 heteroatoms. The van der Waals surface area contributed by atoms with Gasteiger partial charge in [0.15, 0.2) is 0 Å². The Balaban J connectivity index is 1.63. The normalized spacial score (nSPS) is 20.0. The summed E-state index contributed by atoms with van der Waals surface area (Å²) >= 11 is 0. The maximum absolute atomic E-state index is 12.1. The largest absolute Gasteiger partial charge is 0.341 e. The molecule has 0 bridgehead atoms. The summed E-state index contributed by atoms with van der Waals surface area (Å²) < 4.78 is 0. The Bertz CT molecular complexity index is 476. The van der Waals surface area contributed by atoms with Crippen LogP contribution in [0.3, 0.4) is 0 Å². The Morgan fingerprint density at radius 3 is 2.33 bits per heavy atom. The first-order valence-corrected chi connectivity index (χ1v) is 6.38.